The number of nitrogens with zero attached hydrogens (tertiary/aromatic N) is 3. The van der Waals surface area contributed by atoms with E-state index >= 15 is 0 Å². The highest BCUT2D eigenvalue weighted by molar-refractivity contribution is 5.93. The van der Waals surface area contributed by atoms with Gasteiger partial charge in [0.15, 0.2) is 0 Å². The normalized spacial score (nSPS) is 17.9. The van der Waals surface area contributed by atoms with E-state index in [2.05, 4.69) is 49.9 Å². The predicted molar refractivity (Wildman–Crippen MR) is 89.0 cm³/mol. The molecule has 2 rings (SSSR count). The summed E-state index contributed by atoms with van der Waals surface area (Å²) in [7, 11) is 0. The second kappa shape index (κ2) is 6.82. The summed E-state index contributed by atoms with van der Waals surface area (Å²) < 4.78 is 1.84. The fourth-order valence-electron chi connectivity index (χ4n) is 2.97. The van der Waals surface area contributed by atoms with Gasteiger partial charge >= 0.3 is 0 Å². The molecule has 1 atom stereocenters. The highest BCUT2D eigenvalue weighted by Gasteiger charge is 2.25. The third kappa shape index (κ3) is 4.09. The molecule has 0 bridgehead atoms. The van der Waals surface area contributed by atoms with Crippen molar-refractivity contribution in [1.29, 1.82) is 0 Å². The van der Waals surface area contributed by atoms with E-state index < -0.39 is 0 Å². The smallest absolute Gasteiger partial charge is 0.254 e. The van der Waals surface area contributed by atoms with Gasteiger partial charge in [-0.3, -0.25) is 14.4 Å². The Hall–Kier alpha value is -1.36. The van der Waals surface area contributed by atoms with E-state index in [-0.39, 0.29) is 11.4 Å². The van der Waals surface area contributed by atoms with Gasteiger partial charge in [-0.25, -0.2) is 0 Å². The number of nitrogens with one attached hydrogen (secondary N) is 1. The highest BCUT2D eigenvalue weighted by atomic mass is 16.1. The fourth-order valence-corrected chi connectivity index (χ4v) is 2.97. The molecule has 1 unspecified atom stereocenters. The lowest BCUT2D eigenvalue weighted by molar-refractivity contribution is 0.0927. The van der Waals surface area contributed by atoms with Crippen molar-refractivity contribution in [1.82, 2.24) is 20.0 Å². The van der Waals surface area contributed by atoms with Crippen molar-refractivity contribution in [2.45, 2.75) is 59.0 Å². The monoisotopic (exact) mass is 306 g/mol. The van der Waals surface area contributed by atoms with E-state index in [0.717, 1.165) is 13.1 Å². The van der Waals surface area contributed by atoms with Gasteiger partial charge in [-0.15, -0.1) is 0 Å². The first-order chi connectivity index (χ1) is 10.3. The van der Waals surface area contributed by atoms with Gasteiger partial charge in [0.1, 0.15) is 0 Å². The molecule has 1 N–H and O–H groups in total. The van der Waals surface area contributed by atoms with E-state index in [1.807, 2.05) is 10.9 Å². The molecule has 0 saturated carbocycles. The van der Waals surface area contributed by atoms with Crippen molar-refractivity contribution in [3.63, 3.8) is 0 Å². The van der Waals surface area contributed by atoms with Gasteiger partial charge in [0, 0.05) is 18.8 Å². The van der Waals surface area contributed by atoms with Crippen molar-refractivity contribution in [2.24, 2.45) is 5.92 Å². The van der Waals surface area contributed by atoms with Crippen LogP contribution in [0.4, 0.5) is 0 Å². The molecule has 1 aliphatic rings. The first-order valence-corrected chi connectivity index (χ1v) is 8.36. The first-order valence-electron chi connectivity index (χ1n) is 8.36. The number of hydrogen-bond donors (Lipinski definition) is 1. The average Bonchev–Trinajstić information content (AvgIpc) is 3.09. The molecule has 1 aliphatic heterocycles. The number of hydrogen-bond acceptors (Lipinski definition) is 3. The minimum atomic E-state index is -0.103. The minimum Gasteiger partial charge on any atom is -0.350 e. The Balaban J connectivity index is 1.94. The van der Waals surface area contributed by atoms with Crippen molar-refractivity contribution in [3.8, 4) is 0 Å². The first kappa shape index (κ1) is 17.0. The second-order valence-electron chi connectivity index (χ2n) is 7.61. The van der Waals surface area contributed by atoms with E-state index in [4.69, 9.17) is 0 Å². The van der Waals surface area contributed by atoms with E-state index in [9.17, 15) is 4.79 Å². The molecular weight excluding hydrogens is 276 g/mol. The van der Waals surface area contributed by atoms with Crippen LogP contribution >= 0.6 is 0 Å². The molecule has 5 heteroatoms. The zero-order chi connectivity index (χ0) is 16.3. The molecule has 124 valence electrons. The maximum absolute atomic E-state index is 12.3. The molecule has 5 nitrogen and oxygen atoms in total. The van der Waals surface area contributed by atoms with Crippen LogP contribution in [-0.2, 0) is 5.54 Å². The zero-order valence-electron chi connectivity index (χ0n) is 14.6. The SMILES string of the molecule is CC(C)C(CNC(=O)c1cnn(C(C)(C)C)c1)N1CCCC1. The molecule has 0 aromatic carbocycles. The zero-order valence-corrected chi connectivity index (χ0v) is 14.6. The number of amides is 1. The molecule has 1 aromatic heterocycles. The molecule has 0 spiro atoms. The van der Waals surface area contributed by atoms with Gasteiger partial charge in [0.05, 0.1) is 17.3 Å². The third-order valence-electron chi connectivity index (χ3n) is 4.38. The van der Waals surface area contributed by atoms with E-state index in [0.29, 0.717) is 24.1 Å². The number of aromatic nitrogens is 2. The summed E-state index contributed by atoms with van der Waals surface area (Å²) in [6.07, 6.45) is 6.03. The predicted octanol–water partition coefficient (Wildman–Crippen LogP) is 2.49. The van der Waals surface area contributed by atoms with Crippen LogP contribution in [0.2, 0.25) is 0 Å². The van der Waals surface area contributed by atoms with Gasteiger partial charge in [0.2, 0.25) is 0 Å². The van der Waals surface area contributed by atoms with Crippen LogP contribution in [0.1, 0.15) is 57.8 Å². The molecule has 2 heterocycles. The molecular formula is C17H30N4O. The fraction of sp³-hybridized carbons (Fsp3) is 0.765. The summed E-state index contributed by atoms with van der Waals surface area (Å²) in [6.45, 7) is 13.7. The average molecular weight is 306 g/mol. The molecule has 1 aromatic rings. The van der Waals surface area contributed by atoms with Gasteiger partial charge in [-0.2, -0.15) is 5.10 Å². The van der Waals surface area contributed by atoms with Crippen LogP contribution in [-0.4, -0.2) is 46.3 Å². The lowest BCUT2D eigenvalue weighted by atomic mass is 10.0. The largest absolute Gasteiger partial charge is 0.350 e. The standard InChI is InChI=1S/C17H30N4O/c1-13(2)15(20-8-6-7-9-20)11-18-16(22)14-10-19-21(12-14)17(3,4)5/h10,12-13,15H,6-9,11H2,1-5H3,(H,18,22). The Kier molecular flexibility index (Phi) is 5.27. The molecule has 0 aliphatic carbocycles. The minimum absolute atomic E-state index is 0.0275. The highest BCUT2D eigenvalue weighted by Crippen LogP contribution is 2.17. The maximum Gasteiger partial charge on any atom is 0.254 e. The summed E-state index contributed by atoms with van der Waals surface area (Å²) in [5.41, 5.74) is 0.535. The Bertz CT molecular complexity index is 495. The molecule has 0 radical (unpaired) electrons. The Morgan fingerprint density at radius 2 is 1.95 bits per heavy atom. The Labute approximate surface area is 134 Å². The summed E-state index contributed by atoms with van der Waals surface area (Å²) in [4.78, 5) is 14.8. The van der Waals surface area contributed by atoms with Crippen molar-refractivity contribution >= 4 is 5.91 Å². The van der Waals surface area contributed by atoms with Crippen LogP contribution in [0.5, 0.6) is 0 Å². The molecule has 1 fully saturated rings. The van der Waals surface area contributed by atoms with Crippen LogP contribution in [0, 0.1) is 5.92 Å². The van der Waals surface area contributed by atoms with Crippen LogP contribution in [0.25, 0.3) is 0 Å². The number of rotatable bonds is 5. The molecule has 22 heavy (non-hydrogen) atoms. The number of likely N-dealkylation sites (tertiary alicyclic amines) is 1. The summed E-state index contributed by atoms with van der Waals surface area (Å²) >= 11 is 0. The van der Waals surface area contributed by atoms with Crippen molar-refractivity contribution < 1.29 is 4.79 Å². The van der Waals surface area contributed by atoms with E-state index in [1.54, 1.807) is 6.20 Å². The Morgan fingerprint density at radius 1 is 1.32 bits per heavy atom. The maximum atomic E-state index is 12.3. The van der Waals surface area contributed by atoms with Crippen LogP contribution < -0.4 is 5.32 Å². The topological polar surface area (TPSA) is 50.2 Å². The Morgan fingerprint density at radius 3 is 2.45 bits per heavy atom. The summed E-state index contributed by atoms with van der Waals surface area (Å²) in [5, 5.41) is 7.38. The second-order valence-corrected chi connectivity index (χ2v) is 7.61. The third-order valence-corrected chi connectivity index (χ3v) is 4.38. The number of carbonyl (C=O) groups excluding carboxylic acids is 1. The quantitative estimate of drug-likeness (QED) is 0.909. The molecule has 1 saturated heterocycles. The van der Waals surface area contributed by atoms with Crippen LogP contribution in [0.15, 0.2) is 12.4 Å². The van der Waals surface area contributed by atoms with Crippen molar-refractivity contribution in [2.75, 3.05) is 19.6 Å². The van der Waals surface area contributed by atoms with Gasteiger partial charge < -0.3 is 5.32 Å². The summed E-state index contributed by atoms with van der Waals surface area (Å²) in [5.74, 6) is 0.510. The van der Waals surface area contributed by atoms with Crippen molar-refractivity contribution in [3.05, 3.63) is 18.0 Å². The van der Waals surface area contributed by atoms with Gasteiger partial charge in [-0.05, 0) is 52.6 Å². The van der Waals surface area contributed by atoms with E-state index in [1.165, 1.54) is 12.8 Å². The van der Waals surface area contributed by atoms with Gasteiger partial charge in [0.25, 0.3) is 5.91 Å². The lowest BCUT2D eigenvalue weighted by Gasteiger charge is -2.30. The summed E-state index contributed by atoms with van der Waals surface area (Å²) in [6, 6.07) is 0.420. The number of carbonyl (C=O) groups is 1. The molecule has 1 amide bonds. The lowest BCUT2D eigenvalue weighted by Crippen LogP contribution is -2.45. The van der Waals surface area contributed by atoms with Gasteiger partial charge in [-0.1, -0.05) is 13.8 Å². The van der Waals surface area contributed by atoms with Crippen LogP contribution in [0.3, 0.4) is 0 Å².